The van der Waals surface area contributed by atoms with Crippen molar-refractivity contribution in [3.05, 3.63) is 52.5 Å². The molecule has 0 unspecified atom stereocenters. The van der Waals surface area contributed by atoms with Gasteiger partial charge in [-0.25, -0.2) is 0 Å². The molecule has 2 aromatic rings. The standard InChI is InChI=1S/C15H16BrNO2/c1-18-14-6-4-3-5-11(14)10-17-13-9-12(16)7-8-15(13)19-2/h3-9,17H,10H2,1-2H3. The molecule has 0 radical (unpaired) electrons. The maximum Gasteiger partial charge on any atom is 0.142 e. The summed E-state index contributed by atoms with van der Waals surface area (Å²) in [4.78, 5) is 0. The topological polar surface area (TPSA) is 30.5 Å². The van der Waals surface area contributed by atoms with E-state index in [1.54, 1.807) is 14.2 Å². The molecule has 2 rings (SSSR count). The minimum absolute atomic E-state index is 0.677. The van der Waals surface area contributed by atoms with Crippen LogP contribution < -0.4 is 14.8 Å². The third kappa shape index (κ3) is 3.41. The van der Waals surface area contributed by atoms with Gasteiger partial charge >= 0.3 is 0 Å². The highest BCUT2D eigenvalue weighted by molar-refractivity contribution is 9.10. The van der Waals surface area contributed by atoms with Gasteiger partial charge in [0.15, 0.2) is 0 Å². The normalized spacial score (nSPS) is 10.1. The molecule has 0 aliphatic heterocycles. The summed E-state index contributed by atoms with van der Waals surface area (Å²) < 4.78 is 11.7. The van der Waals surface area contributed by atoms with Gasteiger partial charge in [0.1, 0.15) is 11.5 Å². The van der Waals surface area contributed by atoms with Crippen LogP contribution in [0.2, 0.25) is 0 Å². The molecular weight excluding hydrogens is 306 g/mol. The Balaban J connectivity index is 2.16. The zero-order valence-electron chi connectivity index (χ0n) is 10.9. The molecule has 4 heteroatoms. The lowest BCUT2D eigenvalue weighted by Gasteiger charge is -2.13. The lowest BCUT2D eigenvalue weighted by atomic mass is 10.2. The predicted molar refractivity (Wildman–Crippen MR) is 81.0 cm³/mol. The van der Waals surface area contributed by atoms with E-state index in [0.29, 0.717) is 6.54 Å². The summed E-state index contributed by atoms with van der Waals surface area (Å²) in [6.45, 7) is 0.677. The molecule has 3 nitrogen and oxygen atoms in total. The minimum atomic E-state index is 0.677. The maximum absolute atomic E-state index is 5.33. The third-order valence-corrected chi connectivity index (χ3v) is 3.32. The van der Waals surface area contributed by atoms with Crippen molar-refractivity contribution in [2.45, 2.75) is 6.54 Å². The summed E-state index contributed by atoms with van der Waals surface area (Å²) in [6, 6.07) is 13.8. The maximum atomic E-state index is 5.33. The van der Waals surface area contributed by atoms with Crippen LogP contribution >= 0.6 is 15.9 Å². The number of hydrogen-bond acceptors (Lipinski definition) is 3. The van der Waals surface area contributed by atoms with Crippen molar-refractivity contribution < 1.29 is 9.47 Å². The summed E-state index contributed by atoms with van der Waals surface area (Å²) >= 11 is 3.46. The number of ether oxygens (including phenoxy) is 2. The zero-order valence-corrected chi connectivity index (χ0v) is 12.5. The highest BCUT2D eigenvalue weighted by Gasteiger charge is 2.05. The Morgan fingerprint density at radius 1 is 1.00 bits per heavy atom. The van der Waals surface area contributed by atoms with Gasteiger partial charge in [-0.2, -0.15) is 0 Å². The summed E-state index contributed by atoms with van der Waals surface area (Å²) in [5.74, 6) is 1.70. The van der Waals surface area contributed by atoms with Crippen LogP contribution in [0.25, 0.3) is 0 Å². The SMILES string of the molecule is COc1ccccc1CNc1cc(Br)ccc1OC. The first-order valence-corrected chi connectivity index (χ1v) is 6.73. The number of rotatable bonds is 5. The molecule has 0 bridgehead atoms. The van der Waals surface area contributed by atoms with E-state index in [0.717, 1.165) is 27.2 Å². The number of benzene rings is 2. The second kappa shape index (κ2) is 6.48. The third-order valence-electron chi connectivity index (χ3n) is 2.82. The van der Waals surface area contributed by atoms with Crippen LogP contribution in [0.5, 0.6) is 11.5 Å². The number of methoxy groups -OCH3 is 2. The lowest BCUT2D eigenvalue weighted by Crippen LogP contribution is -2.03. The first kappa shape index (κ1) is 13.7. The van der Waals surface area contributed by atoms with Gasteiger partial charge in [-0.3, -0.25) is 0 Å². The molecule has 0 saturated heterocycles. The van der Waals surface area contributed by atoms with Crippen molar-refractivity contribution in [2.75, 3.05) is 19.5 Å². The van der Waals surface area contributed by atoms with E-state index in [1.807, 2.05) is 42.5 Å². The fourth-order valence-electron chi connectivity index (χ4n) is 1.86. The van der Waals surface area contributed by atoms with Crippen molar-refractivity contribution in [2.24, 2.45) is 0 Å². The van der Waals surface area contributed by atoms with Gasteiger partial charge in [-0.05, 0) is 24.3 Å². The van der Waals surface area contributed by atoms with E-state index < -0.39 is 0 Å². The molecule has 0 heterocycles. The number of hydrogen-bond donors (Lipinski definition) is 1. The van der Waals surface area contributed by atoms with Crippen LogP contribution in [0.15, 0.2) is 46.9 Å². The van der Waals surface area contributed by atoms with Crippen LogP contribution in [0.3, 0.4) is 0 Å². The van der Waals surface area contributed by atoms with E-state index in [-0.39, 0.29) is 0 Å². The molecule has 0 amide bonds. The Hall–Kier alpha value is -1.68. The second-order valence-electron chi connectivity index (χ2n) is 4.01. The first-order valence-electron chi connectivity index (χ1n) is 5.94. The van der Waals surface area contributed by atoms with Crippen LogP contribution in [0.1, 0.15) is 5.56 Å². The molecule has 1 N–H and O–H groups in total. The Labute approximate surface area is 121 Å². The lowest BCUT2D eigenvalue weighted by molar-refractivity contribution is 0.409. The molecule has 19 heavy (non-hydrogen) atoms. The van der Waals surface area contributed by atoms with Gasteiger partial charge in [0.05, 0.1) is 19.9 Å². The van der Waals surface area contributed by atoms with Crippen LogP contribution in [-0.4, -0.2) is 14.2 Å². The molecule has 0 aliphatic rings. The highest BCUT2D eigenvalue weighted by Crippen LogP contribution is 2.29. The van der Waals surface area contributed by atoms with Crippen LogP contribution in [0, 0.1) is 0 Å². The molecule has 0 aromatic heterocycles. The van der Waals surface area contributed by atoms with Crippen LogP contribution in [-0.2, 0) is 6.54 Å². The van der Waals surface area contributed by atoms with E-state index >= 15 is 0 Å². The number of anilines is 1. The Kier molecular flexibility index (Phi) is 4.68. The van der Waals surface area contributed by atoms with Gasteiger partial charge < -0.3 is 14.8 Å². The average Bonchev–Trinajstić information content (AvgIpc) is 2.45. The summed E-state index contributed by atoms with van der Waals surface area (Å²) in [6.07, 6.45) is 0. The number of nitrogens with one attached hydrogen (secondary N) is 1. The van der Waals surface area contributed by atoms with Gasteiger partial charge in [-0.15, -0.1) is 0 Å². The molecule has 0 aliphatic carbocycles. The molecule has 0 atom stereocenters. The predicted octanol–water partition coefficient (Wildman–Crippen LogP) is 4.08. The van der Waals surface area contributed by atoms with E-state index in [4.69, 9.17) is 9.47 Å². The van der Waals surface area contributed by atoms with E-state index in [2.05, 4.69) is 21.2 Å². The minimum Gasteiger partial charge on any atom is -0.496 e. The van der Waals surface area contributed by atoms with E-state index in [1.165, 1.54) is 0 Å². The van der Waals surface area contributed by atoms with Crippen molar-refractivity contribution >= 4 is 21.6 Å². The number of halogens is 1. The molecular formula is C15H16BrNO2. The Morgan fingerprint density at radius 2 is 1.74 bits per heavy atom. The summed E-state index contributed by atoms with van der Waals surface area (Å²) in [5, 5.41) is 3.36. The Bertz CT molecular complexity index is 558. The Morgan fingerprint density at radius 3 is 2.47 bits per heavy atom. The summed E-state index contributed by atoms with van der Waals surface area (Å²) in [5.41, 5.74) is 2.05. The van der Waals surface area contributed by atoms with Crippen molar-refractivity contribution in [3.63, 3.8) is 0 Å². The zero-order chi connectivity index (χ0) is 13.7. The first-order chi connectivity index (χ1) is 9.24. The quantitative estimate of drug-likeness (QED) is 0.900. The van der Waals surface area contributed by atoms with E-state index in [9.17, 15) is 0 Å². The summed E-state index contributed by atoms with van der Waals surface area (Å²) in [7, 11) is 3.34. The molecule has 0 fully saturated rings. The monoisotopic (exact) mass is 321 g/mol. The van der Waals surface area contributed by atoms with Crippen LogP contribution in [0.4, 0.5) is 5.69 Å². The van der Waals surface area contributed by atoms with Gasteiger partial charge in [0.25, 0.3) is 0 Å². The van der Waals surface area contributed by atoms with Crippen molar-refractivity contribution in [1.82, 2.24) is 0 Å². The fourth-order valence-corrected chi connectivity index (χ4v) is 2.22. The molecule has 0 spiro atoms. The van der Waals surface area contributed by atoms with Gasteiger partial charge in [0, 0.05) is 16.6 Å². The smallest absolute Gasteiger partial charge is 0.142 e. The number of para-hydroxylation sites is 1. The average molecular weight is 322 g/mol. The largest absolute Gasteiger partial charge is 0.496 e. The van der Waals surface area contributed by atoms with Crippen molar-refractivity contribution in [1.29, 1.82) is 0 Å². The fraction of sp³-hybridized carbons (Fsp3) is 0.200. The molecule has 0 saturated carbocycles. The highest BCUT2D eigenvalue weighted by atomic mass is 79.9. The van der Waals surface area contributed by atoms with Gasteiger partial charge in [-0.1, -0.05) is 34.1 Å². The molecule has 100 valence electrons. The second-order valence-corrected chi connectivity index (χ2v) is 4.93. The molecule has 2 aromatic carbocycles. The van der Waals surface area contributed by atoms with Crippen molar-refractivity contribution in [3.8, 4) is 11.5 Å². The van der Waals surface area contributed by atoms with Gasteiger partial charge in [0.2, 0.25) is 0 Å².